The Kier molecular flexibility index (Phi) is 5.19. The molecule has 0 aromatic heterocycles. The lowest BCUT2D eigenvalue weighted by atomic mass is 10.1. The maximum absolute atomic E-state index is 12.2. The van der Waals surface area contributed by atoms with Crippen LogP contribution in [0, 0.1) is 10.1 Å². The van der Waals surface area contributed by atoms with Crippen molar-refractivity contribution >= 4 is 28.9 Å². The van der Waals surface area contributed by atoms with Gasteiger partial charge in [-0.3, -0.25) is 14.9 Å². The largest absolute Gasteiger partial charge is 0.371 e. The summed E-state index contributed by atoms with van der Waals surface area (Å²) in [5, 5.41) is 14.0. The summed E-state index contributed by atoms with van der Waals surface area (Å²) in [7, 11) is 0. The van der Waals surface area contributed by atoms with E-state index < -0.39 is 10.8 Å². The number of hydrogen-bond acceptors (Lipinski definition) is 4. The van der Waals surface area contributed by atoms with Crippen LogP contribution in [0.3, 0.4) is 0 Å². The summed E-state index contributed by atoms with van der Waals surface area (Å²) in [6.45, 7) is 2.27. The molecule has 0 fully saturated rings. The molecule has 2 aromatic carbocycles. The van der Waals surface area contributed by atoms with Crippen LogP contribution in [-0.2, 0) is 6.42 Å². The number of fused-ring (bicyclic) bond motifs is 1. The van der Waals surface area contributed by atoms with Gasteiger partial charge in [0.25, 0.3) is 11.6 Å². The van der Waals surface area contributed by atoms with Gasteiger partial charge in [0.15, 0.2) is 0 Å². The van der Waals surface area contributed by atoms with Crippen LogP contribution >= 0.6 is 11.6 Å². The van der Waals surface area contributed by atoms with E-state index in [1.807, 2.05) is 12.1 Å². The standard InChI is InChI=1S/C18H18ClN3O3/c19-14-6-7-15(17(12-14)22(24)25)18(23)20-9-3-10-21-11-8-13-4-1-2-5-16(13)21/h1-2,4-7,12H,3,8-11H2,(H,20,23). The Morgan fingerprint density at radius 2 is 2.08 bits per heavy atom. The number of benzene rings is 2. The topological polar surface area (TPSA) is 75.5 Å². The van der Waals surface area contributed by atoms with Gasteiger partial charge < -0.3 is 10.2 Å². The van der Waals surface area contributed by atoms with Crippen LogP contribution in [0.25, 0.3) is 0 Å². The number of para-hydroxylation sites is 1. The first-order chi connectivity index (χ1) is 12.1. The van der Waals surface area contributed by atoms with Gasteiger partial charge in [-0.1, -0.05) is 29.8 Å². The Morgan fingerprint density at radius 3 is 2.88 bits per heavy atom. The van der Waals surface area contributed by atoms with Crippen LogP contribution in [0.2, 0.25) is 5.02 Å². The number of rotatable bonds is 6. The average molecular weight is 360 g/mol. The molecule has 0 aliphatic carbocycles. The summed E-state index contributed by atoms with van der Waals surface area (Å²) in [5.41, 5.74) is 2.35. The maximum atomic E-state index is 12.2. The van der Waals surface area contributed by atoms with Crippen LogP contribution in [0.4, 0.5) is 11.4 Å². The van der Waals surface area contributed by atoms with Crippen molar-refractivity contribution in [1.82, 2.24) is 5.32 Å². The van der Waals surface area contributed by atoms with Gasteiger partial charge >= 0.3 is 0 Å². The quantitative estimate of drug-likeness (QED) is 0.487. The molecule has 0 atom stereocenters. The predicted octanol–water partition coefficient (Wildman–Crippen LogP) is 3.43. The van der Waals surface area contributed by atoms with E-state index in [0.717, 1.165) is 25.9 Å². The van der Waals surface area contributed by atoms with Gasteiger partial charge in [0, 0.05) is 36.4 Å². The fourth-order valence-electron chi connectivity index (χ4n) is 3.05. The van der Waals surface area contributed by atoms with Crippen molar-refractivity contribution in [1.29, 1.82) is 0 Å². The number of halogens is 1. The van der Waals surface area contributed by atoms with Crippen LogP contribution in [0.15, 0.2) is 42.5 Å². The van der Waals surface area contributed by atoms with E-state index in [-0.39, 0.29) is 16.3 Å². The van der Waals surface area contributed by atoms with Crippen LogP contribution in [0.1, 0.15) is 22.3 Å². The van der Waals surface area contributed by atoms with Gasteiger partial charge in [-0.15, -0.1) is 0 Å². The van der Waals surface area contributed by atoms with E-state index in [1.165, 1.54) is 29.4 Å². The number of nitrogens with one attached hydrogen (secondary N) is 1. The van der Waals surface area contributed by atoms with Crippen molar-refractivity contribution in [2.24, 2.45) is 0 Å². The minimum atomic E-state index is -0.595. The Labute approximate surface area is 150 Å². The minimum Gasteiger partial charge on any atom is -0.371 e. The maximum Gasteiger partial charge on any atom is 0.283 e. The first-order valence-electron chi connectivity index (χ1n) is 8.11. The number of nitro benzene ring substituents is 1. The molecular formula is C18H18ClN3O3. The molecule has 1 N–H and O–H groups in total. The third-order valence-corrected chi connectivity index (χ3v) is 4.51. The summed E-state index contributed by atoms with van der Waals surface area (Å²) in [6.07, 6.45) is 1.81. The molecule has 1 aliphatic rings. The number of anilines is 1. The molecule has 7 heteroatoms. The Bertz CT molecular complexity index is 810. The number of amides is 1. The summed E-state index contributed by atoms with van der Waals surface area (Å²) in [6, 6.07) is 12.4. The highest BCUT2D eigenvalue weighted by Gasteiger charge is 2.21. The predicted molar refractivity (Wildman–Crippen MR) is 97.4 cm³/mol. The molecule has 1 amide bonds. The van der Waals surface area contributed by atoms with Gasteiger partial charge in [0.05, 0.1) is 4.92 Å². The molecule has 0 saturated carbocycles. The number of nitrogens with zero attached hydrogens (tertiary/aromatic N) is 2. The number of carbonyl (C=O) groups is 1. The molecule has 3 rings (SSSR count). The van der Waals surface area contributed by atoms with Gasteiger partial charge in [-0.05, 0) is 36.6 Å². The van der Waals surface area contributed by atoms with Gasteiger partial charge in [-0.25, -0.2) is 0 Å². The van der Waals surface area contributed by atoms with Crippen molar-refractivity contribution in [2.75, 3.05) is 24.5 Å². The Hall–Kier alpha value is -2.60. The third kappa shape index (κ3) is 3.91. The van der Waals surface area contributed by atoms with Crippen molar-refractivity contribution < 1.29 is 9.72 Å². The molecule has 6 nitrogen and oxygen atoms in total. The Balaban J connectivity index is 1.53. The third-order valence-electron chi connectivity index (χ3n) is 4.27. The number of nitro groups is 1. The van der Waals surface area contributed by atoms with Crippen LogP contribution in [0.5, 0.6) is 0 Å². The zero-order chi connectivity index (χ0) is 17.8. The van der Waals surface area contributed by atoms with E-state index in [2.05, 4.69) is 22.3 Å². The van der Waals surface area contributed by atoms with Gasteiger partial charge in [0.2, 0.25) is 0 Å². The zero-order valence-corrected chi connectivity index (χ0v) is 14.3. The summed E-state index contributed by atoms with van der Waals surface area (Å²) in [4.78, 5) is 25.0. The lowest BCUT2D eigenvalue weighted by molar-refractivity contribution is -0.385. The first-order valence-corrected chi connectivity index (χ1v) is 8.49. The highest BCUT2D eigenvalue weighted by atomic mass is 35.5. The van der Waals surface area contributed by atoms with Crippen molar-refractivity contribution in [3.63, 3.8) is 0 Å². The second kappa shape index (κ2) is 7.53. The fourth-order valence-corrected chi connectivity index (χ4v) is 3.22. The SMILES string of the molecule is O=C(NCCCN1CCc2ccccc21)c1ccc(Cl)cc1[N+](=O)[O-]. The van der Waals surface area contributed by atoms with Crippen molar-refractivity contribution in [2.45, 2.75) is 12.8 Å². The van der Waals surface area contributed by atoms with E-state index >= 15 is 0 Å². The van der Waals surface area contributed by atoms with Crippen LogP contribution < -0.4 is 10.2 Å². The molecule has 0 spiro atoms. The normalized spacial score (nSPS) is 12.8. The molecule has 0 saturated heterocycles. The summed E-state index contributed by atoms with van der Waals surface area (Å²) in [5.74, 6) is -0.454. The minimum absolute atomic E-state index is 0.0286. The highest BCUT2D eigenvalue weighted by Crippen LogP contribution is 2.27. The second-order valence-corrected chi connectivity index (χ2v) is 6.33. The molecular weight excluding hydrogens is 342 g/mol. The van der Waals surface area contributed by atoms with Gasteiger partial charge in [-0.2, -0.15) is 0 Å². The smallest absolute Gasteiger partial charge is 0.283 e. The molecule has 0 unspecified atom stereocenters. The highest BCUT2D eigenvalue weighted by molar-refractivity contribution is 6.31. The van der Waals surface area contributed by atoms with Gasteiger partial charge in [0.1, 0.15) is 5.56 Å². The number of carbonyl (C=O) groups excluding carboxylic acids is 1. The molecule has 1 aliphatic heterocycles. The molecule has 2 aromatic rings. The molecule has 25 heavy (non-hydrogen) atoms. The second-order valence-electron chi connectivity index (χ2n) is 5.89. The molecule has 0 radical (unpaired) electrons. The number of hydrogen-bond donors (Lipinski definition) is 1. The average Bonchev–Trinajstić information content (AvgIpc) is 3.01. The van der Waals surface area contributed by atoms with E-state index in [4.69, 9.17) is 11.6 Å². The van der Waals surface area contributed by atoms with E-state index in [1.54, 1.807) is 0 Å². The zero-order valence-electron chi connectivity index (χ0n) is 13.6. The Morgan fingerprint density at radius 1 is 1.28 bits per heavy atom. The molecule has 1 heterocycles. The lowest BCUT2D eigenvalue weighted by Crippen LogP contribution is -2.29. The summed E-state index contributed by atoms with van der Waals surface area (Å²) >= 11 is 5.76. The first kappa shape index (κ1) is 17.2. The van der Waals surface area contributed by atoms with Crippen molar-refractivity contribution in [3.05, 3.63) is 68.7 Å². The van der Waals surface area contributed by atoms with E-state index in [0.29, 0.717) is 6.54 Å². The monoisotopic (exact) mass is 359 g/mol. The van der Waals surface area contributed by atoms with E-state index in [9.17, 15) is 14.9 Å². The summed E-state index contributed by atoms with van der Waals surface area (Å²) < 4.78 is 0. The lowest BCUT2D eigenvalue weighted by Gasteiger charge is -2.19. The molecule has 0 bridgehead atoms. The van der Waals surface area contributed by atoms with Crippen molar-refractivity contribution in [3.8, 4) is 0 Å². The fraction of sp³-hybridized carbons (Fsp3) is 0.278. The molecule has 130 valence electrons. The van der Waals surface area contributed by atoms with Crippen LogP contribution in [-0.4, -0.2) is 30.5 Å².